The molecular formula is C14H26IN3O2. The summed E-state index contributed by atoms with van der Waals surface area (Å²) in [6, 6.07) is 0. The summed E-state index contributed by atoms with van der Waals surface area (Å²) in [5.74, 6) is 1.69. The van der Waals surface area contributed by atoms with Gasteiger partial charge in [-0.25, -0.2) is 0 Å². The number of ether oxygens (including phenoxy) is 2. The molecule has 2 unspecified atom stereocenters. The van der Waals surface area contributed by atoms with Crippen molar-refractivity contribution >= 4 is 29.9 Å². The van der Waals surface area contributed by atoms with Gasteiger partial charge in [-0.05, 0) is 19.3 Å². The summed E-state index contributed by atoms with van der Waals surface area (Å²) in [5.41, 5.74) is 0.397. The third-order valence-electron chi connectivity index (χ3n) is 4.71. The second-order valence-electron chi connectivity index (χ2n) is 6.13. The molecule has 0 aromatic rings. The van der Waals surface area contributed by atoms with Crippen LogP contribution in [0.15, 0.2) is 4.99 Å². The van der Waals surface area contributed by atoms with Gasteiger partial charge in [0.25, 0.3) is 0 Å². The summed E-state index contributed by atoms with van der Waals surface area (Å²) in [6.07, 6.45) is 3.61. The number of aliphatic imine (C=N–C) groups is 1. The Morgan fingerprint density at radius 1 is 1.35 bits per heavy atom. The molecule has 3 aliphatic heterocycles. The highest BCUT2D eigenvalue weighted by Crippen LogP contribution is 2.38. The summed E-state index contributed by atoms with van der Waals surface area (Å²) in [6.45, 7) is 6.83. The Morgan fingerprint density at radius 2 is 2.25 bits per heavy atom. The Hall–Kier alpha value is -0.0800. The molecule has 1 spiro atoms. The summed E-state index contributed by atoms with van der Waals surface area (Å²) < 4.78 is 11.0. The summed E-state index contributed by atoms with van der Waals surface area (Å²) in [4.78, 5) is 6.83. The van der Waals surface area contributed by atoms with Gasteiger partial charge in [-0.1, -0.05) is 0 Å². The SMILES string of the molecule is CN=C(NCC1CCOC1)N1CCC2(CCOC2)C1.I. The summed E-state index contributed by atoms with van der Waals surface area (Å²) in [5, 5.41) is 3.51. The number of rotatable bonds is 2. The molecule has 3 fully saturated rings. The zero-order valence-corrected chi connectivity index (χ0v) is 14.6. The topological polar surface area (TPSA) is 46.1 Å². The molecule has 0 aromatic heterocycles. The van der Waals surface area contributed by atoms with Crippen molar-refractivity contribution in [1.82, 2.24) is 10.2 Å². The first-order chi connectivity index (χ1) is 9.31. The number of nitrogens with zero attached hydrogens (tertiary/aromatic N) is 2. The van der Waals surface area contributed by atoms with Gasteiger partial charge in [0, 0.05) is 51.2 Å². The largest absolute Gasteiger partial charge is 0.381 e. The van der Waals surface area contributed by atoms with Gasteiger partial charge in [0.05, 0.1) is 13.2 Å². The van der Waals surface area contributed by atoms with E-state index < -0.39 is 0 Å². The minimum Gasteiger partial charge on any atom is -0.381 e. The van der Waals surface area contributed by atoms with E-state index in [4.69, 9.17) is 9.47 Å². The summed E-state index contributed by atoms with van der Waals surface area (Å²) >= 11 is 0. The van der Waals surface area contributed by atoms with Gasteiger partial charge in [0.1, 0.15) is 0 Å². The van der Waals surface area contributed by atoms with Crippen LogP contribution in [0.5, 0.6) is 0 Å². The van der Waals surface area contributed by atoms with Crippen molar-refractivity contribution in [2.24, 2.45) is 16.3 Å². The average molecular weight is 395 g/mol. The van der Waals surface area contributed by atoms with Crippen molar-refractivity contribution in [3.05, 3.63) is 0 Å². The molecule has 6 heteroatoms. The Kier molecular flexibility index (Phi) is 5.92. The van der Waals surface area contributed by atoms with Crippen LogP contribution >= 0.6 is 24.0 Å². The van der Waals surface area contributed by atoms with E-state index in [9.17, 15) is 0 Å². The molecule has 3 rings (SSSR count). The van der Waals surface area contributed by atoms with Crippen molar-refractivity contribution < 1.29 is 9.47 Å². The van der Waals surface area contributed by atoms with Crippen LogP contribution in [0, 0.1) is 11.3 Å². The zero-order chi connectivity index (χ0) is 13.1. The average Bonchev–Trinajstić information content (AvgIpc) is 3.15. The molecule has 2 atom stereocenters. The van der Waals surface area contributed by atoms with Gasteiger partial charge in [-0.2, -0.15) is 0 Å². The lowest BCUT2D eigenvalue weighted by atomic mass is 9.87. The normalized spacial score (nSPS) is 33.8. The first kappa shape index (κ1) is 16.3. The Labute approximate surface area is 138 Å². The molecule has 1 N–H and O–H groups in total. The molecule has 0 aliphatic carbocycles. The van der Waals surface area contributed by atoms with Crippen molar-refractivity contribution in [3.63, 3.8) is 0 Å². The van der Waals surface area contributed by atoms with Gasteiger partial charge in [0.15, 0.2) is 5.96 Å². The minimum absolute atomic E-state index is 0. The maximum absolute atomic E-state index is 5.58. The Morgan fingerprint density at radius 3 is 2.90 bits per heavy atom. The summed E-state index contributed by atoms with van der Waals surface area (Å²) in [7, 11) is 1.88. The molecule has 116 valence electrons. The molecule has 0 amide bonds. The first-order valence-corrected chi connectivity index (χ1v) is 7.42. The van der Waals surface area contributed by atoms with E-state index in [0.717, 1.165) is 52.0 Å². The van der Waals surface area contributed by atoms with E-state index >= 15 is 0 Å². The van der Waals surface area contributed by atoms with Crippen LogP contribution in [-0.4, -0.2) is 64.0 Å². The highest BCUT2D eigenvalue weighted by molar-refractivity contribution is 14.0. The highest BCUT2D eigenvalue weighted by Gasteiger charge is 2.42. The second-order valence-corrected chi connectivity index (χ2v) is 6.13. The van der Waals surface area contributed by atoms with Crippen LogP contribution in [0.2, 0.25) is 0 Å². The number of likely N-dealkylation sites (tertiary alicyclic amines) is 1. The van der Waals surface area contributed by atoms with Gasteiger partial charge < -0.3 is 19.7 Å². The molecule has 0 radical (unpaired) electrons. The van der Waals surface area contributed by atoms with Gasteiger partial charge in [-0.15, -0.1) is 24.0 Å². The Bertz CT molecular complexity index is 339. The van der Waals surface area contributed by atoms with Gasteiger partial charge >= 0.3 is 0 Å². The monoisotopic (exact) mass is 395 g/mol. The molecular weight excluding hydrogens is 369 g/mol. The molecule has 3 saturated heterocycles. The highest BCUT2D eigenvalue weighted by atomic mass is 127. The van der Waals surface area contributed by atoms with Crippen LogP contribution in [0.25, 0.3) is 0 Å². The molecule has 0 bridgehead atoms. The molecule has 0 aromatic carbocycles. The van der Waals surface area contributed by atoms with Crippen LogP contribution in [0.3, 0.4) is 0 Å². The van der Waals surface area contributed by atoms with Crippen molar-refractivity contribution in [2.45, 2.75) is 19.3 Å². The predicted octanol–water partition coefficient (Wildman–Crippen LogP) is 1.33. The fraction of sp³-hybridized carbons (Fsp3) is 0.929. The predicted molar refractivity (Wildman–Crippen MR) is 89.8 cm³/mol. The van der Waals surface area contributed by atoms with E-state index in [-0.39, 0.29) is 24.0 Å². The lowest BCUT2D eigenvalue weighted by molar-refractivity contribution is 0.156. The van der Waals surface area contributed by atoms with Gasteiger partial charge in [-0.3, -0.25) is 4.99 Å². The van der Waals surface area contributed by atoms with E-state index in [0.29, 0.717) is 11.3 Å². The quantitative estimate of drug-likeness (QED) is 0.436. The lowest BCUT2D eigenvalue weighted by Crippen LogP contribution is -2.43. The van der Waals surface area contributed by atoms with Crippen molar-refractivity contribution in [2.75, 3.05) is 53.1 Å². The zero-order valence-electron chi connectivity index (χ0n) is 12.3. The third-order valence-corrected chi connectivity index (χ3v) is 4.71. The lowest BCUT2D eigenvalue weighted by Gasteiger charge is -2.25. The Balaban J connectivity index is 0.00000147. The number of halogens is 1. The molecule has 3 aliphatic rings. The maximum Gasteiger partial charge on any atom is 0.193 e. The molecule has 3 heterocycles. The molecule has 0 saturated carbocycles. The van der Waals surface area contributed by atoms with Crippen LogP contribution in [0.4, 0.5) is 0 Å². The number of hydrogen-bond acceptors (Lipinski definition) is 3. The van der Waals surface area contributed by atoms with E-state index in [1.165, 1.54) is 19.3 Å². The molecule has 20 heavy (non-hydrogen) atoms. The fourth-order valence-corrected chi connectivity index (χ4v) is 3.40. The van der Waals surface area contributed by atoms with Crippen LogP contribution < -0.4 is 5.32 Å². The van der Waals surface area contributed by atoms with Crippen molar-refractivity contribution in [1.29, 1.82) is 0 Å². The molecule has 5 nitrogen and oxygen atoms in total. The first-order valence-electron chi connectivity index (χ1n) is 7.42. The standard InChI is InChI=1S/C14H25N3O2.HI/c1-15-13(16-8-12-2-6-18-9-12)17-5-3-14(10-17)4-7-19-11-14;/h12H,2-11H2,1H3,(H,15,16);1H. The fourth-order valence-electron chi connectivity index (χ4n) is 3.40. The smallest absolute Gasteiger partial charge is 0.193 e. The van der Waals surface area contributed by atoms with E-state index in [1.54, 1.807) is 0 Å². The minimum atomic E-state index is 0. The number of nitrogens with one attached hydrogen (secondary N) is 1. The van der Waals surface area contributed by atoms with Gasteiger partial charge in [0.2, 0.25) is 0 Å². The maximum atomic E-state index is 5.58. The second kappa shape index (κ2) is 7.26. The third kappa shape index (κ3) is 3.57. The van der Waals surface area contributed by atoms with Crippen LogP contribution in [-0.2, 0) is 9.47 Å². The number of hydrogen-bond donors (Lipinski definition) is 1. The number of guanidine groups is 1. The van der Waals surface area contributed by atoms with E-state index in [1.807, 2.05) is 7.05 Å². The van der Waals surface area contributed by atoms with E-state index in [2.05, 4.69) is 15.2 Å². The van der Waals surface area contributed by atoms with Crippen LogP contribution in [0.1, 0.15) is 19.3 Å². The van der Waals surface area contributed by atoms with Crippen molar-refractivity contribution in [3.8, 4) is 0 Å².